The molecule has 0 saturated carbocycles. The van der Waals surface area contributed by atoms with Crippen LogP contribution in [-0.2, 0) is 9.53 Å². The number of alkyl halides is 2. The van der Waals surface area contributed by atoms with E-state index >= 15 is 0 Å². The Hall–Kier alpha value is -2.62. The molecule has 0 saturated heterocycles. The van der Waals surface area contributed by atoms with E-state index in [4.69, 9.17) is 14.7 Å². The van der Waals surface area contributed by atoms with E-state index in [0.29, 0.717) is 0 Å². The SMILES string of the molecule is COc1cccc(/C=C/C(=O)O[C@@H](C)C#N)c1OC(F)F. The van der Waals surface area contributed by atoms with Gasteiger partial charge in [0.1, 0.15) is 6.07 Å². The Balaban J connectivity index is 2.97. The summed E-state index contributed by atoms with van der Waals surface area (Å²) in [5.74, 6) is -0.849. The number of carbonyl (C=O) groups excluding carboxylic acids is 1. The van der Waals surface area contributed by atoms with Crippen molar-refractivity contribution in [1.82, 2.24) is 0 Å². The Morgan fingerprint density at radius 3 is 2.71 bits per heavy atom. The summed E-state index contributed by atoms with van der Waals surface area (Å²) >= 11 is 0. The van der Waals surface area contributed by atoms with Crippen LogP contribution in [0.4, 0.5) is 8.78 Å². The molecule has 0 aliphatic rings. The van der Waals surface area contributed by atoms with Gasteiger partial charge in [0.05, 0.1) is 7.11 Å². The highest BCUT2D eigenvalue weighted by atomic mass is 19.3. The predicted octanol–water partition coefficient (Wildman–Crippen LogP) is 2.77. The van der Waals surface area contributed by atoms with Gasteiger partial charge in [-0.1, -0.05) is 12.1 Å². The van der Waals surface area contributed by atoms with Crippen molar-refractivity contribution in [1.29, 1.82) is 5.26 Å². The summed E-state index contributed by atoms with van der Waals surface area (Å²) in [6.07, 6.45) is 1.36. The summed E-state index contributed by atoms with van der Waals surface area (Å²) in [7, 11) is 1.31. The van der Waals surface area contributed by atoms with E-state index in [1.165, 1.54) is 32.2 Å². The molecule has 0 heterocycles. The number of halogens is 2. The molecule has 0 unspecified atom stereocenters. The lowest BCUT2D eigenvalue weighted by Gasteiger charge is -2.12. The summed E-state index contributed by atoms with van der Waals surface area (Å²) in [4.78, 5) is 11.4. The molecule has 1 aromatic rings. The van der Waals surface area contributed by atoms with E-state index in [1.807, 2.05) is 0 Å². The van der Waals surface area contributed by atoms with Crippen molar-refractivity contribution in [2.75, 3.05) is 7.11 Å². The highest BCUT2D eigenvalue weighted by Crippen LogP contribution is 2.33. The minimum Gasteiger partial charge on any atom is -0.493 e. The molecule has 112 valence electrons. The number of nitriles is 1. The summed E-state index contributed by atoms with van der Waals surface area (Å²) in [5.41, 5.74) is 0.219. The fourth-order valence-corrected chi connectivity index (χ4v) is 1.44. The van der Waals surface area contributed by atoms with Gasteiger partial charge in [0.25, 0.3) is 0 Å². The van der Waals surface area contributed by atoms with Gasteiger partial charge < -0.3 is 14.2 Å². The molecule has 0 radical (unpaired) electrons. The number of esters is 1. The van der Waals surface area contributed by atoms with Gasteiger partial charge in [-0.15, -0.1) is 0 Å². The van der Waals surface area contributed by atoms with Crippen molar-refractivity contribution >= 4 is 12.0 Å². The van der Waals surface area contributed by atoms with Crippen LogP contribution in [0.1, 0.15) is 12.5 Å². The van der Waals surface area contributed by atoms with Gasteiger partial charge in [-0.05, 0) is 19.1 Å². The number of nitrogens with zero attached hydrogens (tertiary/aromatic N) is 1. The monoisotopic (exact) mass is 297 g/mol. The first-order valence-electron chi connectivity index (χ1n) is 5.88. The number of benzene rings is 1. The minimum atomic E-state index is -3.03. The highest BCUT2D eigenvalue weighted by Gasteiger charge is 2.14. The lowest BCUT2D eigenvalue weighted by molar-refractivity contribution is -0.139. The molecule has 1 atom stereocenters. The summed E-state index contributed by atoms with van der Waals surface area (Å²) in [6.45, 7) is -1.62. The standard InChI is InChI=1S/C14H13F2NO4/c1-9(8-17)20-12(18)7-6-10-4-3-5-11(19-2)13(10)21-14(15)16/h3-7,9,14H,1-2H3/b7-6+/t9-/m0/s1. The fourth-order valence-electron chi connectivity index (χ4n) is 1.44. The molecule has 0 N–H and O–H groups in total. The molecule has 0 bridgehead atoms. The second-order valence-electron chi connectivity index (χ2n) is 3.80. The summed E-state index contributed by atoms with van der Waals surface area (Å²) in [5, 5.41) is 8.51. The molecule has 0 spiro atoms. The summed E-state index contributed by atoms with van der Waals surface area (Å²) in [6, 6.07) is 6.20. The van der Waals surface area contributed by atoms with Crippen molar-refractivity contribution in [2.24, 2.45) is 0 Å². The second kappa shape index (κ2) is 7.85. The van der Waals surface area contributed by atoms with Gasteiger partial charge in [-0.25, -0.2) is 4.79 Å². The van der Waals surface area contributed by atoms with Crippen molar-refractivity contribution in [3.8, 4) is 17.6 Å². The average Bonchev–Trinajstić information content (AvgIpc) is 2.45. The van der Waals surface area contributed by atoms with Crippen LogP contribution in [-0.4, -0.2) is 25.8 Å². The van der Waals surface area contributed by atoms with E-state index in [0.717, 1.165) is 6.08 Å². The number of ether oxygens (including phenoxy) is 3. The van der Waals surface area contributed by atoms with E-state index < -0.39 is 18.7 Å². The molecule has 5 nitrogen and oxygen atoms in total. The molecular weight excluding hydrogens is 284 g/mol. The number of hydrogen-bond donors (Lipinski definition) is 0. The van der Waals surface area contributed by atoms with Crippen LogP contribution in [0.5, 0.6) is 11.5 Å². The van der Waals surface area contributed by atoms with Crippen molar-refractivity contribution in [2.45, 2.75) is 19.6 Å². The van der Waals surface area contributed by atoms with Gasteiger partial charge in [0, 0.05) is 11.6 Å². The summed E-state index contributed by atoms with van der Waals surface area (Å²) < 4.78 is 38.8. The highest BCUT2D eigenvalue weighted by molar-refractivity contribution is 5.88. The van der Waals surface area contributed by atoms with Gasteiger partial charge in [-0.3, -0.25) is 0 Å². The molecule has 0 fully saturated rings. The van der Waals surface area contributed by atoms with Crippen molar-refractivity contribution < 1.29 is 27.8 Å². The minimum absolute atomic E-state index is 0.108. The Labute approximate surface area is 120 Å². The molecular formula is C14H13F2NO4. The predicted molar refractivity (Wildman–Crippen MR) is 69.8 cm³/mol. The molecule has 0 amide bonds. The van der Waals surface area contributed by atoms with Crippen LogP contribution in [0, 0.1) is 11.3 Å². The molecule has 0 aromatic heterocycles. The fraction of sp³-hybridized carbons (Fsp3) is 0.286. The number of methoxy groups -OCH3 is 1. The molecule has 1 aromatic carbocycles. The van der Waals surface area contributed by atoms with Gasteiger partial charge >= 0.3 is 12.6 Å². The van der Waals surface area contributed by atoms with Crippen LogP contribution in [0.3, 0.4) is 0 Å². The smallest absolute Gasteiger partial charge is 0.387 e. The lowest BCUT2D eigenvalue weighted by Crippen LogP contribution is -2.10. The maximum atomic E-state index is 12.4. The van der Waals surface area contributed by atoms with E-state index in [9.17, 15) is 13.6 Å². The van der Waals surface area contributed by atoms with E-state index in [1.54, 1.807) is 12.1 Å². The number of para-hydroxylation sites is 1. The van der Waals surface area contributed by atoms with Gasteiger partial charge in [-0.2, -0.15) is 14.0 Å². The molecule has 1 rings (SSSR count). The van der Waals surface area contributed by atoms with Crippen molar-refractivity contribution in [3.63, 3.8) is 0 Å². The number of hydrogen-bond acceptors (Lipinski definition) is 5. The van der Waals surface area contributed by atoms with Gasteiger partial charge in [0.2, 0.25) is 0 Å². The van der Waals surface area contributed by atoms with Gasteiger partial charge in [0.15, 0.2) is 17.6 Å². The average molecular weight is 297 g/mol. The van der Waals surface area contributed by atoms with Crippen molar-refractivity contribution in [3.05, 3.63) is 29.8 Å². The third-order valence-electron chi connectivity index (χ3n) is 2.31. The Morgan fingerprint density at radius 1 is 1.43 bits per heavy atom. The zero-order valence-corrected chi connectivity index (χ0v) is 11.4. The Morgan fingerprint density at radius 2 is 2.14 bits per heavy atom. The first kappa shape index (κ1) is 16.4. The molecule has 0 aliphatic carbocycles. The maximum absolute atomic E-state index is 12.4. The largest absolute Gasteiger partial charge is 0.493 e. The number of carbonyl (C=O) groups is 1. The number of rotatable bonds is 6. The van der Waals surface area contributed by atoms with E-state index in [2.05, 4.69) is 4.74 Å². The zero-order chi connectivity index (χ0) is 15.8. The normalized spacial score (nSPS) is 12.0. The first-order valence-corrected chi connectivity index (χ1v) is 5.88. The van der Waals surface area contributed by atoms with Crippen LogP contribution in [0.25, 0.3) is 6.08 Å². The molecule has 21 heavy (non-hydrogen) atoms. The van der Waals surface area contributed by atoms with Crippen LogP contribution < -0.4 is 9.47 Å². The third kappa shape index (κ3) is 5.10. The van der Waals surface area contributed by atoms with E-state index in [-0.39, 0.29) is 17.1 Å². The topological polar surface area (TPSA) is 68.5 Å². The maximum Gasteiger partial charge on any atom is 0.387 e. The quantitative estimate of drug-likeness (QED) is 0.596. The Bertz CT molecular complexity index is 567. The van der Waals surface area contributed by atoms with Crippen LogP contribution in [0.15, 0.2) is 24.3 Å². The zero-order valence-electron chi connectivity index (χ0n) is 11.4. The third-order valence-corrected chi connectivity index (χ3v) is 2.31. The first-order chi connectivity index (χ1) is 9.97. The Kier molecular flexibility index (Phi) is 6.14. The van der Waals surface area contributed by atoms with Crippen LogP contribution >= 0.6 is 0 Å². The molecule has 7 heteroatoms. The molecule has 0 aliphatic heterocycles. The lowest BCUT2D eigenvalue weighted by atomic mass is 10.1. The van der Waals surface area contributed by atoms with Crippen LogP contribution in [0.2, 0.25) is 0 Å². The second-order valence-corrected chi connectivity index (χ2v) is 3.80.